The monoisotopic (exact) mass is 436 g/mol. The van der Waals surface area contributed by atoms with Crippen LogP contribution in [-0.4, -0.2) is 53.3 Å². The summed E-state index contributed by atoms with van der Waals surface area (Å²) in [7, 11) is 0. The standard InChI is InChI=1S/C16H32N6.HI/c1-5-17-16(18-13-15-10-11-19-21-15)20-14(4)9-8-12-22(6-2)7-3;/h10-11,14H,5-9,12-13H2,1-4H3,(H,19,21)(H2,17,18,20);1H. The van der Waals surface area contributed by atoms with Crippen molar-refractivity contribution in [1.29, 1.82) is 0 Å². The number of nitrogens with one attached hydrogen (secondary N) is 3. The number of halogens is 1. The summed E-state index contributed by atoms with van der Waals surface area (Å²) in [5.74, 6) is 0.868. The lowest BCUT2D eigenvalue weighted by atomic mass is 10.2. The maximum atomic E-state index is 4.58. The molecule has 1 atom stereocenters. The Morgan fingerprint density at radius 2 is 2.09 bits per heavy atom. The first-order valence-corrected chi connectivity index (χ1v) is 8.45. The molecule has 0 saturated carbocycles. The zero-order valence-corrected chi connectivity index (χ0v) is 17.3. The highest BCUT2D eigenvalue weighted by molar-refractivity contribution is 14.0. The number of aromatic nitrogens is 2. The quantitative estimate of drug-likeness (QED) is 0.300. The minimum absolute atomic E-state index is 0. The van der Waals surface area contributed by atoms with E-state index in [1.54, 1.807) is 6.20 Å². The van der Waals surface area contributed by atoms with Crippen LogP contribution in [0.1, 0.15) is 46.2 Å². The number of aliphatic imine (C=N–C) groups is 1. The molecular formula is C16H33IN6. The average Bonchev–Trinajstić information content (AvgIpc) is 3.03. The predicted octanol–water partition coefficient (Wildman–Crippen LogP) is 2.59. The first kappa shape index (κ1) is 22.2. The molecule has 0 aliphatic rings. The lowest BCUT2D eigenvalue weighted by Gasteiger charge is -2.21. The Labute approximate surface area is 157 Å². The summed E-state index contributed by atoms with van der Waals surface area (Å²) in [4.78, 5) is 7.05. The van der Waals surface area contributed by atoms with Crippen molar-refractivity contribution in [3.8, 4) is 0 Å². The zero-order valence-electron chi connectivity index (χ0n) is 14.9. The van der Waals surface area contributed by atoms with Crippen LogP contribution in [0.3, 0.4) is 0 Å². The van der Waals surface area contributed by atoms with Gasteiger partial charge in [-0.25, -0.2) is 4.99 Å². The van der Waals surface area contributed by atoms with E-state index >= 15 is 0 Å². The summed E-state index contributed by atoms with van der Waals surface area (Å²) in [6.07, 6.45) is 4.10. The third kappa shape index (κ3) is 9.80. The third-order valence-corrected chi connectivity index (χ3v) is 3.70. The molecule has 0 aromatic carbocycles. The Hall–Kier alpha value is -0.830. The molecule has 0 aliphatic carbocycles. The van der Waals surface area contributed by atoms with E-state index in [4.69, 9.17) is 0 Å². The molecule has 0 saturated heterocycles. The Morgan fingerprint density at radius 3 is 2.65 bits per heavy atom. The second-order valence-electron chi connectivity index (χ2n) is 5.49. The summed E-state index contributed by atoms with van der Waals surface area (Å²) in [5, 5.41) is 13.6. The first-order valence-electron chi connectivity index (χ1n) is 8.45. The molecule has 3 N–H and O–H groups in total. The number of hydrogen-bond acceptors (Lipinski definition) is 3. The van der Waals surface area contributed by atoms with E-state index < -0.39 is 0 Å². The molecule has 1 heterocycles. The maximum Gasteiger partial charge on any atom is 0.191 e. The van der Waals surface area contributed by atoms with Crippen LogP contribution in [0, 0.1) is 0 Å². The first-order chi connectivity index (χ1) is 10.7. The molecule has 134 valence electrons. The highest BCUT2D eigenvalue weighted by atomic mass is 127. The highest BCUT2D eigenvalue weighted by Crippen LogP contribution is 2.00. The van der Waals surface area contributed by atoms with Crippen LogP contribution in [-0.2, 0) is 6.54 Å². The lowest BCUT2D eigenvalue weighted by Crippen LogP contribution is -2.42. The van der Waals surface area contributed by atoms with Gasteiger partial charge in [-0.1, -0.05) is 13.8 Å². The smallest absolute Gasteiger partial charge is 0.191 e. The number of hydrogen-bond donors (Lipinski definition) is 3. The van der Waals surface area contributed by atoms with E-state index in [9.17, 15) is 0 Å². The summed E-state index contributed by atoms with van der Waals surface area (Å²) in [6, 6.07) is 2.36. The fraction of sp³-hybridized carbons (Fsp3) is 0.750. The second-order valence-corrected chi connectivity index (χ2v) is 5.49. The SMILES string of the molecule is CCNC(=NCc1ccn[nH]1)NC(C)CCCN(CC)CC.I. The van der Waals surface area contributed by atoms with Crippen molar-refractivity contribution in [2.45, 2.75) is 53.1 Å². The number of H-pyrrole nitrogens is 1. The molecule has 1 rings (SSSR count). The highest BCUT2D eigenvalue weighted by Gasteiger charge is 2.06. The van der Waals surface area contributed by atoms with Gasteiger partial charge in [0.25, 0.3) is 0 Å². The van der Waals surface area contributed by atoms with Crippen molar-refractivity contribution in [3.63, 3.8) is 0 Å². The predicted molar refractivity (Wildman–Crippen MR) is 108 cm³/mol. The molecule has 1 aromatic rings. The van der Waals surface area contributed by atoms with Gasteiger partial charge >= 0.3 is 0 Å². The molecule has 0 amide bonds. The second kappa shape index (κ2) is 13.6. The third-order valence-electron chi connectivity index (χ3n) is 3.70. The van der Waals surface area contributed by atoms with E-state index in [-0.39, 0.29) is 24.0 Å². The fourth-order valence-electron chi connectivity index (χ4n) is 2.32. The summed E-state index contributed by atoms with van der Waals surface area (Å²) in [5.41, 5.74) is 1.02. The Bertz CT molecular complexity index is 403. The summed E-state index contributed by atoms with van der Waals surface area (Å²) >= 11 is 0. The molecule has 6 nitrogen and oxygen atoms in total. The molecule has 1 unspecified atom stereocenters. The minimum atomic E-state index is 0. The zero-order chi connectivity index (χ0) is 16.2. The number of guanidine groups is 1. The van der Waals surface area contributed by atoms with E-state index in [0.29, 0.717) is 12.6 Å². The number of aromatic amines is 1. The molecule has 0 fully saturated rings. The normalized spacial score (nSPS) is 12.8. The van der Waals surface area contributed by atoms with Crippen molar-refractivity contribution < 1.29 is 0 Å². The van der Waals surface area contributed by atoms with Crippen molar-refractivity contribution >= 4 is 29.9 Å². The number of rotatable bonds is 10. The molecule has 0 bridgehead atoms. The van der Waals surface area contributed by atoms with Crippen LogP contribution < -0.4 is 10.6 Å². The van der Waals surface area contributed by atoms with E-state index in [2.05, 4.69) is 58.4 Å². The molecular weight excluding hydrogens is 403 g/mol. The molecule has 0 aliphatic heterocycles. The van der Waals surface area contributed by atoms with Crippen LogP contribution in [0.25, 0.3) is 0 Å². The molecule has 7 heteroatoms. The van der Waals surface area contributed by atoms with Gasteiger partial charge in [0.2, 0.25) is 0 Å². The van der Waals surface area contributed by atoms with Crippen molar-refractivity contribution in [2.24, 2.45) is 4.99 Å². The van der Waals surface area contributed by atoms with E-state index in [1.165, 1.54) is 13.0 Å². The van der Waals surface area contributed by atoms with Gasteiger partial charge in [0.1, 0.15) is 0 Å². The van der Waals surface area contributed by atoms with Gasteiger partial charge in [0.05, 0.1) is 12.2 Å². The lowest BCUT2D eigenvalue weighted by molar-refractivity contribution is 0.292. The van der Waals surface area contributed by atoms with Gasteiger partial charge < -0.3 is 15.5 Å². The molecule has 0 spiro atoms. The van der Waals surface area contributed by atoms with Crippen LogP contribution in [0.2, 0.25) is 0 Å². The van der Waals surface area contributed by atoms with Crippen LogP contribution >= 0.6 is 24.0 Å². The largest absolute Gasteiger partial charge is 0.357 e. The van der Waals surface area contributed by atoms with Crippen molar-refractivity contribution in [3.05, 3.63) is 18.0 Å². The van der Waals surface area contributed by atoms with Gasteiger partial charge in [-0.05, 0) is 52.4 Å². The summed E-state index contributed by atoms with van der Waals surface area (Å²) < 4.78 is 0. The van der Waals surface area contributed by atoms with Gasteiger partial charge in [-0.15, -0.1) is 24.0 Å². The molecule has 23 heavy (non-hydrogen) atoms. The van der Waals surface area contributed by atoms with Crippen LogP contribution in [0.4, 0.5) is 0 Å². The minimum Gasteiger partial charge on any atom is -0.357 e. The fourth-order valence-corrected chi connectivity index (χ4v) is 2.32. The maximum absolute atomic E-state index is 4.58. The van der Waals surface area contributed by atoms with Crippen LogP contribution in [0.15, 0.2) is 17.3 Å². The van der Waals surface area contributed by atoms with E-state index in [0.717, 1.165) is 37.7 Å². The van der Waals surface area contributed by atoms with Crippen molar-refractivity contribution in [1.82, 2.24) is 25.7 Å². The Kier molecular flexibility index (Phi) is 13.1. The van der Waals surface area contributed by atoms with Crippen LogP contribution in [0.5, 0.6) is 0 Å². The van der Waals surface area contributed by atoms with E-state index in [1.807, 2.05) is 6.07 Å². The molecule has 1 aromatic heterocycles. The topological polar surface area (TPSA) is 68.3 Å². The Morgan fingerprint density at radius 1 is 1.35 bits per heavy atom. The van der Waals surface area contributed by atoms with Gasteiger partial charge in [0, 0.05) is 18.8 Å². The average molecular weight is 436 g/mol. The number of nitrogens with zero attached hydrogens (tertiary/aromatic N) is 3. The molecule has 0 radical (unpaired) electrons. The Balaban J connectivity index is 0.00000484. The van der Waals surface area contributed by atoms with Gasteiger partial charge in [-0.3, -0.25) is 5.10 Å². The van der Waals surface area contributed by atoms with Crippen molar-refractivity contribution in [2.75, 3.05) is 26.2 Å². The summed E-state index contributed by atoms with van der Waals surface area (Å²) in [6.45, 7) is 13.6. The van der Waals surface area contributed by atoms with Gasteiger partial charge in [0.15, 0.2) is 5.96 Å². The van der Waals surface area contributed by atoms with Gasteiger partial charge in [-0.2, -0.15) is 5.10 Å².